The minimum atomic E-state index is -0.517. The first-order valence-corrected chi connectivity index (χ1v) is 11.5. The Morgan fingerprint density at radius 1 is 0.946 bits per heavy atom. The van der Waals surface area contributed by atoms with Gasteiger partial charge in [0.2, 0.25) is 0 Å². The van der Waals surface area contributed by atoms with E-state index in [2.05, 4.69) is 25.4 Å². The summed E-state index contributed by atoms with van der Waals surface area (Å²) in [5.41, 5.74) is 2.92. The molecule has 188 valence electrons. The number of aryl methyl sites for hydroxylation is 1. The van der Waals surface area contributed by atoms with Gasteiger partial charge in [0.25, 0.3) is 0 Å². The fourth-order valence-electron chi connectivity index (χ4n) is 4.01. The van der Waals surface area contributed by atoms with Crippen LogP contribution in [-0.4, -0.2) is 39.0 Å². The smallest absolute Gasteiger partial charge is 0.182 e. The van der Waals surface area contributed by atoms with Crippen molar-refractivity contribution in [2.24, 2.45) is 0 Å². The number of pyridine rings is 1. The van der Waals surface area contributed by atoms with Crippen LogP contribution in [0.2, 0.25) is 0 Å². The summed E-state index contributed by atoms with van der Waals surface area (Å²) in [7, 11) is 3.20. The van der Waals surface area contributed by atoms with E-state index in [1.807, 2.05) is 25.1 Å². The van der Waals surface area contributed by atoms with Crippen LogP contribution in [0.3, 0.4) is 0 Å². The van der Waals surface area contributed by atoms with Gasteiger partial charge in [-0.15, -0.1) is 0 Å². The SMILES string of the molecule is COc1ccc(CNc2nc(-c3nn(Cc4ccccc4F)c4ncc(F)cc34)ncc2C)c(OC)c1. The van der Waals surface area contributed by atoms with Crippen LogP contribution in [0.5, 0.6) is 11.5 Å². The zero-order valence-corrected chi connectivity index (χ0v) is 20.5. The molecule has 0 atom stereocenters. The van der Waals surface area contributed by atoms with E-state index in [9.17, 15) is 8.78 Å². The molecule has 0 saturated carbocycles. The number of fused-ring (bicyclic) bond motifs is 1. The van der Waals surface area contributed by atoms with E-state index < -0.39 is 5.82 Å². The number of benzene rings is 2. The number of rotatable bonds is 8. The lowest BCUT2D eigenvalue weighted by Crippen LogP contribution is -2.07. The van der Waals surface area contributed by atoms with Crippen molar-refractivity contribution in [3.8, 4) is 23.0 Å². The summed E-state index contributed by atoms with van der Waals surface area (Å²) in [4.78, 5) is 13.3. The van der Waals surface area contributed by atoms with Gasteiger partial charge in [0, 0.05) is 35.5 Å². The van der Waals surface area contributed by atoms with Crippen LogP contribution in [0.25, 0.3) is 22.6 Å². The highest BCUT2D eigenvalue weighted by molar-refractivity contribution is 5.89. The van der Waals surface area contributed by atoms with Gasteiger partial charge in [-0.2, -0.15) is 5.10 Å². The van der Waals surface area contributed by atoms with E-state index in [1.54, 1.807) is 38.6 Å². The normalized spacial score (nSPS) is 11.1. The van der Waals surface area contributed by atoms with E-state index in [4.69, 9.17) is 9.47 Å². The third kappa shape index (κ3) is 4.90. The van der Waals surface area contributed by atoms with Crippen LogP contribution in [0, 0.1) is 18.6 Å². The predicted molar refractivity (Wildman–Crippen MR) is 136 cm³/mol. The molecule has 1 N–H and O–H groups in total. The summed E-state index contributed by atoms with van der Waals surface area (Å²) in [6, 6.07) is 13.3. The summed E-state index contributed by atoms with van der Waals surface area (Å²) in [5.74, 6) is 1.37. The third-order valence-corrected chi connectivity index (χ3v) is 5.96. The van der Waals surface area contributed by atoms with Gasteiger partial charge in [-0.1, -0.05) is 18.2 Å². The molecule has 3 heterocycles. The maximum atomic E-state index is 14.3. The minimum Gasteiger partial charge on any atom is -0.497 e. The summed E-state index contributed by atoms with van der Waals surface area (Å²) in [5, 5.41) is 8.36. The highest BCUT2D eigenvalue weighted by Crippen LogP contribution is 2.29. The van der Waals surface area contributed by atoms with Gasteiger partial charge in [0.15, 0.2) is 11.5 Å². The second-order valence-corrected chi connectivity index (χ2v) is 8.38. The first-order chi connectivity index (χ1) is 18.0. The van der Waals surface area contributed by atoms with Gasteiger partial charge >= 0.3 is 0 Å². The Morgan fingerprint density at radius 3 is 2.57 bits per heavy atom. The van der Waals surface area contributed by atoms with Crippen LogP contribution < -0.4 is 14.8 Å². The average molecular weight is 503 g/mol. The van der Waals surface area contributed by atoms with Crippen LogP contribution in [0.15, 0.2) is 60.9 Å². The number of ether oxygens (including phenoxy) is 2. The monoisotopic (exact) mass is 502 g/mol. The first-order valence-electron chi connectivity index (χ1n) is 11.5. The molecule has 10 heteroatoms. The summed E-state index contributed by atoms with van der Waals surface area (Å²) >= 11 is 0. The lowest BCUT2D eigenvalue weighted by Gasteiger charge is -2.13. The summed E-state index contributed by atoms with van der Waals surface area (Å²) in [6.07, 6.45) is 2.78. The molecule has 5 aromatic rings. The van der Waals surface area contributed by atoms with Gasteiger partial charge < -0.3 is 14.8 Å². The predicted octanol–water partition coefficient (Wildman–Crippen LogP) is 5.15. The Bertz CT molecular complexity index is 1590. The van der Waals surface area contributed by atoms with Gasteiger partial charge in [-0.25, -0.2) is 28.4 Å². The Morgan fingerprint density at radius 2 is 1.78 bits per heavy atom. The number of methoxy groups -OCH3 is 2. The standard InChI is InChI=1S/C27H24F2N6O2/c1-16-12-30-26(33-25(16)31-13-17-8-9-20(36-2)11-23(17)37-3)24-21-10-19(28)14-32-27(21)35(34-24)15-18-6-4-5-7-22(18)29/h4-12,14H,13,15H2,1-3H3,(H,30,31,33). The zero-order valence-electron chi connectivity index (χ0n) is 20.5. The lowest BCUT2D eigenvalue weighted by molar-refractivity contribution is 0.391. The third-order valence-electron chi connectivity index (χ3n) is 5.96. The number of halogens is 2. The second-order valence-electron chi connectivity index (χ2n) is 8.38. The Balaban J connectivity index is 1.50. The van der Waals surface area contributed by atoms with Gasteiger partial charge in [0.1, 0.15) is 34.6 Å². The van der Waals surface area contributed by atoms with Crippen LogP contribution in [-0.2, 0) is 13.1 Å². The molecular weight excluding hydrogens is 478 g/mol. The Hall–Kier alpha value is -4.60. The molecule has 0 amide bonds. The van der Waals surface area contributed by atoms with Crippen molar-refractivity contribution in [3.05, 3.63) is 89.2 Å². The van der Waals surface area contributed by atoms with Crippen molar-refractivity contribution in [1.29, 1.82) is 0 Å². The number of anilines is 1. The number of hydrogen-bond donors (Lipinski definition) is 1. The van der Waals surface area contributed by atoms with Gasteiger partial charge in [-0.3, -0.25) is 0 Å². The summed E-state index contributed by atoms with van der Waals surface area (Å²) < 4.78 is 40.8. The molecule has 0 spiro atoms. The number of nitrogens with one attached hydrogen (secondary N) is 1. The fraction of sp³-hybridized carbons (Fsp3) is 0.185. The average Bonchev–Trinajstić information content (AvgIpc) is 3.26. The van der Waals surface area contributed by atoms with Crippen LogP contribution >= 0.6 is 0 Å². The molecule has 8 nitrogen and oxygen atoms in total. The van der Waals surface area contributed by atoms with Crippen molar-refractivity contribution >= 4 is 16.9 Å². The maximum Gasteiger partial charge on any atom is 0.182 e. The molecule has 37 heavy (non-hydrogen) atoms. The number of nitrogens with zero attached hydrogens (tertiary/aromatic N) is 5. The molecule has 0 radical (unpaired) electrons. The van der Waals surface area contributed by atoms with E-state index in [1.165, 1.54) is 16.8 Å². The van der Waals surface area contributed by atoms with Crippen LogP contribution in [0.4, 0.5) is 14.6 Å². The molecule has 0 aliphatic heterocycles. The highest BCUT2D eigenvalue weighted by atomic mass is 19.1. The van der Waals surface area contributed by atoms with E-state index in [0.717, 1.165) is 17.3 Å². The molecule has 2 aromatic carbocycles. The zero-order chi connectivity index (χ0) is 25.9. The second kappa shape index (κ2) is 10.2. The fourth-order valence-corrected chi connectivity index (χ4v) is 4.01. The molecular formula is C27H24F2N6O2. The molecule has 3 aromatic heterocycles. The van der Waals surface area contributed by atoms with Crippen molar-refractivity contribution < 1.29 is 18.3 Å². The van der Waals surface area contributed by atoms with Gasteiger partial charge in [0.05, 0.1) is 32.3 Å². The van der Waals surface area contributed by atoms with Crippen molar-refractivity contribution in [2.45, 2.75) is 20.0 Å². The molecule has 5 rings (SSSR count). The van der Waals surface area contributed by atoms with Crippen molar-refractivity contribution in [2.75, 3.05) is 19.5 Å². The topological polar surface area (TPSA) is 87.0 Å². The summed E-state index contributed by atoms with van der Waals surface area (Å²) in [6.45, 7) is 2.44. The van der Waals surface area contributed by atoms with E-state index in [0.29, 0.717) is 52.0 Å². The number of hydrogen-bond acceptors (Lipinski definition) is 7. The molecule has 0 aliphatic rings. The van der Waals surface area contributed by atoms with E-state index >= 15 is 0 Å². The molecule has 0 fully saturated rings. The molecule has 0 saturated heterocycles. The van der Waals surface area contributed by atoms with E-state index in [-0.39, 0.29) is 12.4 Å². The highest BCUT2D eigenvalue weighted by Gasteiger charge is 2.19. The van der Waals surface area contributed by atoms with Crippen LogP contribution in [0.1, 0.15) is 16.7 Å². The quantitative estimate of drug-likeness (QED) is 0.314. The largest absolute Gasteiger partial charge is 0.497 e. The minimum absolute atomic E-state index is 0.121. The Kier molecular flexibility index (Phi) is 6.63. The molecule has 0 aliphatic carbocycles. The number of aromatic nitrogens is 5. The lowest BCUT2D eigenvalue weighted by atomic mass is 10.2. The van der Waals surface area contributed by atoms with Crippen molar-refractivity contribution in [1.82, 2.24) is 24.7 Å². The maximum absolute atomic E-state index is 14.3. The molecule has 0 bridgehead atoms. The van der Waals surface area contributed by atoms with Gasteiger partial charge in [-0.05, 0) is 31.2 Å². The molecule has 0 unspecified atom stereocenters. The first kappa shape index (κ1) is 24.1. The Labute approximate surface area is 211 Å². The van der Waals surface area contributed by atoms with Crippen molar-refractivity contribution in [3.63, 3.8) is 0 Å².